The van der Waals surface area contributed by atoms with Crippen LogP contribution < -0.4 is 21.0 Å². The van der Waals surface area contributed by atoms with Gasteiger partial charge in [-0.05, 0) is 43.5 Å². The van der Waals surface area contributed by atoms with Crippen molar-refractivity contribution in [3.05, 3.63) is 39.7 Å². The topological polar surface area (TPSA) is 135 Å². The Balaban J connectivity index is 2.18. The van der Waals surface area contributed by atoms with E-state index in [-0.39, 0.29) is 6.54 Å². The predicted octanol–water partition coefficient (Wildman–Crippen LogP) is 1.14. The van der Waals surface area contributed by atoms with Crippen LogP contribution in [0, 0.1) is 6.92 Å². The highest BCUT2D eigenvalue weighted by Gasteiger charge is 2.19. The molecule has 0 aliphatic rings. The number of carboxylic acids is 1. The van der Waals surface area contributed by atoms with E-state index in [1.807, 2.05) is 13.8 Å². The first-order valence-corrected chi connectivity index (χ1v) is 9.21. The molecule has 0 aliphatic carbocycles. The van der Waals surface area contributed by atoms with Crippen LogP contribution in [0.15, 0.2) is 27.4 Å². The number of rotatable bonds is 9. The Labute approximate surface area is 167 Å². The fraction of sp³-hybridized carbons (Fsp3) is 0.400. The summed E-state index contributed by atoms with van der Waals surface area (Å²) in [5.74, 6) is -1.94. The van der Waals surface area contributed by atoms with Crippen molar-refractivity contribution >= 4 is 28.8 Å². The van der Waals surface area contributed by atoms with Crippen LogP contribution in [0.25, 0.3) is 11.0 Å². The SMILES string of the molecule is CCCc1cc(=O)oc2cc(C)cc(O[C@H](C)C(=O)NCC(=O)NCC(=O)O)c12. The van der Waals surface area contributed by atoms with Gasteiger partial charge in [-0.3, -0.25) is 14.4 Å². The Kier molecular flexibility index (Phi) is 7.35. The summed E-state index contributed by atoms with van der Waals surface area (Å²) < 4.78 is 11.1. The largest absolute Gasteiger partial charge is 0.480 e. The highest BCUT2D eigenvalue weighted by Crippen LogP contribution is 2.31. The van der Waals surface area contributed by atoms with Crippen LogP contribution in [-0.4, -0.2) is 42.1 Å². The van der Waals surface area contributed by atoms with Crippen molar-refractivity contribution in [1.82, 2.24) is 10.6 Å². The summed E-state index contributed by atoms with van der Waals surface area (Å²) in [6.07, 6.45) is 0.521. The van der Waals surface area contributed by atoms with Gasteiger partial charge in [-0.25, -0.2) is 4.79 Å². The van der Waals surface area contributed by atoms with E-state index in [4.69, 9.17) is 14.3 Å². The zero-order valence-corrected chi connectivity index (χ0v) is 16.5. The van der Waals surface area contributed by atoms with Crippen molar-refractivity contribution in [3.63, 3.8) is 0 Å². The molecule has 1 atom stereocenters. The maximum absolute atomic E-state index is 12.3. The number of ether oxygens (including phenoxy) is 1. The summed E-state index contributed by atoms with van der Waals surface area (Å²) >= 11 is 0. The first-order chi connectivity index (χ1) is 13.7. The van der Waals surface area contributed by atoms with Crippen molar-refractivity contribution in [2.45, 2.75) is 39.7 Å². The molecule has 0 fully saturated rings. The van der Waals surface area contributed by atoms with Gasteiger partial charge in [-0.2, -0.15) is 0 Å². The van der Waals surface area contributed by atoms with Gasteiger partial charge in [0.25, 0.3) is 5.91 Å². The molecule has 0 saturated carbocycles. The fourth-order valence-corrected chi connectivity index (χ4v) is 2.82. The molecule has 2 rings (SSSR count). The second-order valence-electron chi connectivity index (χ2n) is 6.63. The van der Waals surface area contributed by atoms with Gasteiger partial charge in [0.15, 0.2) is 6.10 Å². The maximum atomic E-state index is 12.3. The second kappa shape index (κ2) is 9.72. The van der Waals surface area contributed by atoms with Crippen LogP contribution in [0.4, 0.5) is 0 Å². The van der Waals surface area contributed by atoms with E-state index in [1.165, 1.54) is 13.0 Å². The van der Waals surface area contributed by atoms with E-state index in [0.29, 0.717) is 23.1 Å². The van der Waals surface area contributed by atoms with E-state index in [1.54, 1.807) is 12.1 Å². The summed E-state index contributed by atoms with van der Waals surface area (Å²) in [7, 11) is 0. The van der Waals surface area contributed by atoms with E-state index in [0.717, 1.165) is 17.5 Å². The van der Waals surface area contributed by atoms with Gasteiger partial charge in [-0.15, -0.1) is 0 Å². The van der Waals surface area contributed by atoms with Gasteiger partial charge in [-0.1, -0.05) is 13.3 Å². The number of carbonyl (C=O) groups is 3. The van der Waals surface area contributed by atoms with E-state index < -0.39 is 36.1 Å². The fourth-order valence-electron chi connectivity index (χ4n) is 2.82. The zero-order chi connectivity index (χ0) is 21.6. The van der Waals surface area contributed by atoms with Crippen LogP contribution in [0.5, 0.6) is 5.75 Å². The average molecular weight is 404 g/mol. The highest BCUT2D eigenvalue weighted by molar-refractivity contribution is 5.90. The molecule has 2 amide bonds. The standard InChI is InChI=1S/C20H24N2O7/c1-4-5-13-8-18(26)29-15-7-11(2)6-14(19(13)15)28-12(3)20(27)22-9-16(23)21-10-17(24)25/h6-8,12H,4-5,9-10H2,1-3H3,(H,21,23)(H,22,27)(H,24,25)/t12-/m1/s1. The number of hydrogen-bond donors (Lipinski definition) is 3. The summed E-state index contributed by atoms with van der Waals surface area (Å²) in [4.78, 5) is 46.1. The molecule has 1 heterocycles. The van der Waals surface area contributed by atoms with Gasteiger partial charge >= 0.3 is 11.6 Å². The number of nitrogens with one attached hydrogen (secondary N) is 2. The summed E-state index contributed by atoms with van der Waals surface area (Å²) in [6.45, 7) is 4.43. The molecule has 1 aromatic carbocycles. The lowest BCUT2D eigenvalue weighted by Crippen LogP contribution is -2.43. The lowest BCUT2D eigenvalue weighted by Gasteiger charge is -2.17. The zero-order valence-electron chi connectivity index (χ0n) is 16.5. The van der Waals surface area contributed by atoms with Gasteiger partial charge in [0, 0.05) is 6.07 Å². The van der Waals surface area contributed by atoms with Crippen LogP contribution in [0.3, 0.4) is 0 Å². The minimum Gasteiger partial charge on any atom is -0.480 e. The Hall–Kier alpha value is -3.36. The Morgan fingerprint density at radius 1 is 1.17 bits per heavy atom. The van der Waals surface area contributed by atoms with Crippen molar-refractivity contribution in [2.24, 2.45) is 0 Å². The van der Waals surface area contributed by atoms with Crippen LogP contribution in [0.1, 0.15) is 31.4 Å². The molecule has 0 spiro atoms. The molecular weight excluding hydrogens is 380 g/mol. The number of benzene rings is 1. The van der Waals surface area contributed by atoms with Crippen molar-refractivity contribution in [1.29, 1.82) is 0 Å². The molecule has 9 nitrogen and oxygen atoms in total. The quantitative estimate of drug-likeness (QED) is 0.533. The summed E-state index contributed by atoms with van der Waals surface area (Å²) in [6, 6.07) is 4.91. The number of aryl methyl sites for hydroxylation is 2. The second-order valence-corrected chi connectivity index (χ2v) is 6.63. The molecule has 0 radical (unpaired) electrons. The molecule has 29 heavy (non-hydrogen) atoms. The normalized spacial score (nSPS) is 11.7. The first-order valence-electron chi connectivity index (χ1n) is 9.21. The Morgan fingerprint density at radius 2 is 1.90 bits per heavy atom. The van der Waals surface area contributed by atoms with Crippen LogP contribution in [0.2, 0.25) is 0 Å². The molecule has 1 aromatic heterocycles. The highest BCUT2D eigenvalue weighted by atomic mass is 16.5. The van der Waals surface area contributed by atoms with Gasteiger partial charge in [0.1, 0.15) is 17.9 Å². The molecule has 9 heteroatoms. The monoisotopic (exact) mass is 404 g/mol. The lowest BCUT2D eigenvalue weighted by atomic mass is 10.0. The number of hydrogen-bond acceptors (Lipinski definition) is 6. The van der Waals surface area contributed by atoms with E-state index >= 15 is 0 Å². The van der Waals surface area contributed by atoms with Crippen molar-refractivity contribution in [2.75, 3.05) is 13.1 Å². The smallest absolute Gasteiger partial charge is 0.336 e. The minimum atomic E-state index is -1.18. The Bertz CT molecular complexity index is 981. The molecule has 3 N–H and O–H groups in total. The number of carbonyl (C=O) groups excluding carboxylic acids is 2. The minimum absolute atomic E-state index is 0.371. The Morgan fingerprint density at radius 3 is 2.55 bits per heavy atom. The number of amides is 2. The van der Waals surface area contributed by atoms with Gasteiger partial charge in [0.2, 0.25) is 5.91 Å². The molecule has 2 aromatic rings. The molecule has 0 bridgehead atoms. The van der Waals surface area contributed by atoms with Gasteiger partial charge < -0.3 is 24.9 Å². The molecular formula is C20H24N2O7. The van der Waals surface area contributed by atoms with Crippen LogP contribution in [-0.2, 0) is 20.8 Å². The van der Waals surface area contributed by atoms with Crippen molar-refractivity contribution < 1.29 is 28.6 Å². The van der Waals surface area contributed by atoms with Crippen LogP contribution >= 0.6 is 0 Å². The molecule has 0 aliphatic heterocycles. The predicted molar refractivity (Wildman–Crippen MR) is 105 cm³/mol. The average Bonchev–Trinajstić information content (AvgIpc) is 2.63. The van der Waals surface area contributed by atoms with E-state index in [9.17, 15) is 19.2 Å². The number of aliphatic carboxylic acids is 1. The molecule has 0 saturated heterocycles. The first kappa shape index (κ1) is 21.9. The number of carboxylic acid groups (broad SMARTS) is 1. The third-order valence-corrected chi connectivity index (χ3v) is 4.09. The maximum Gasteiger partial charge on any atom is 0.336 e. The third kappa shape index (κ3) is 6.06. The van der Waals surface area contributed by atoms with E-state index in [2.05, 4.69) is 10.6 Å². The molecule has 156 valence electrons. The van der Waals surface area contributed by atoms with Gasteiger partial charge in [0.05, 0.1) is 11.9 Å². The van der Waals surface area contributed by atoms with Crippen molar-refractivity contribution in [3.8, 4) is 5.75 Å². The number of fused-ring (bicyclic) bond motifs is 1. The lowest BCUT2D eigenvalue weighted by molar-refractivity contribution is -0.137. The summed E-state index contributed by atoms with van der Waals surface area (Å²) in [5.41, 5.74) is 1.51. The molecule has 0 unspecified atom stereocenters. The summed E-state index contributed by atoms with van der Waals surface area (Å²) in [5, 5.41) is 13.7. The third-order valence-electron chi connectivity index (χ3n) is 4.09.